The number of para-hydroxylation sites is 1. The van der Waals surface area contributed by atoms with Gasteiger partial charge in [0.15, 0.2) is 0 Å². The minimum atomic E-state index is -0.109. The predicted octanol–water partition coefficient (Wildman–Crippen LogP) is 2.50. The number of aromatic nitrogens is 2. The summed E-state index contributed by atoms with van der Waals surface area (Å²) < 4.78 is 7.58. The van der Waals surface area contributed by atoms with Crippen LogP contribution in [0.4, 0.5) is 0 Å². The van der Waals surface area contributed by atoms with Gasteiger partial charge in [0.1, 0.15) is 11.4 Å². The number of likely N-dealkylation sites (N-methyl/N-ethyl adjacent to an activating group) is 1. The first-order chi connectivity index (χ1) is 11.6. The molecule has 1 atom stereocenters. The van der Waals surface area contributed by atoms with Crippen LogP contribution in [0.1, 0.15) is 23.0 Å². The van der Waals surface area contributed by atoms with Crippen LogP contribution in [0.25, 0.3) is 5.65 Å². The molecule has 1 aromatic carbocycles. The molecule has 5 heteroatoms. The molecule has 0 amide bonds. The standard InChI is InChI=1S/C19H24N4O/c1-22(2)13-15(20)19-16(21-18-10-6-7-11-23(18)19)12-14-8-4-5-9-17(14)24-3/h4-11,15H,12-13,20H2,1-3H3. The fourth-order valence-corrected chi connectivity index (χ4v) is 3.10. The van der Waals surface area contributed by atoms with Gasteiger partial charge in [-0.1, -0.05) is 24.3 Å². The Labute approximate surface area is 142 Å². The van der Waals surface area contributed by atoms with Crippen LogP contribution in [0.5, 0.6) is 5.75 Å². The average Bonchev–Trinajstić information content (AvgIpc) is 2.92. The maximum absolute atomic E-state index is 6.50. The second-order valence-corrected chi connectivity index (χ2v) is 6.23. The topological polar surface area (TPSA) is 55.8 Å². The second-order valence-electron chi connectivity index (χ2n) is 6.23. The van der Waals surface area contributed by atoms with E-state index in [9.17, 15) is 0 Å². The summed E-state index contributed by atoms with van der Waals surface area (Å²) in [7, 11) is 5.76. The molecule has 24 heavy (non-hydrogen) atoms. The third-order valence-electron chi connectivity index (χ3n) is 4.11. The molecule has 0 fully saturated rings. The number of nitrogens with zero attached hydrogens (tertiary/aromatic N) is 3. The van der Waals surface area contributed by atoms with E-state index in [0.717, 1.165) is 34.9 Å². The highest BCUT2D eigenvalue weighted by molar-refractivity contribution is 5.46. The molecule has 2 heterocycles. The van der Waals surface area contributed by atoms with E-state index in [-0.39, 0.29) is 6.04 Å². The first kappa shape index (κ1) is 16.5. The van der Waals surface area contributed by atoms with E-state index in [1.54, 1.807) is 7.11 Å². The van der Waals surface area contributed by atoms with Crippen LogP contribution in [0, 0.1) is 0 Å². The Morgan fingerprint density at radius 2 is 1.92 bits per heavy atom. The van der Waals surface area contributed by atoms with Gasteiger partial charge in [-0.2, -0.15) is 0 Å². The zero-order chi connectivity index (χ0) is 17.1. The fourth-order valence-electron chi connectivity index (χ4n) is 3.10. The smallest absolute Gasteiger partial charge is 0.137 e. The normalized spacial score (nSPS) is 12.7. The lowest BCUT2D eigenvalue weighted by molar-refractivity contribution is 0.372. The Bertz CT molecular complexity index is 825. The minimum absolute atomic E-state index is 0.109. The summed E-state index contributed by atoms with van der Waals surface area (Å²) in [5, 5.41) is 0. The third kappa shape index (κ3) is 3.27. The van der Waals surface area contributed by atoms with E-state index < -0.39 is 0 Å². The highest BCUT2D eigenvalue weighted by atomic mass is 16.5. The maximum Gasteiger partial charge on any atom is 0.137 e. The van der Waals surface area contributed by atoms with Crippen LogP contribution in [-0.2, 0) is 6.42 Å². The summed E-state index contributed by atoms with van der Waals surface area (Å²) in [6.07, 6.45) is 2.72. The van der Waals surface area contributed by atoms with Crippen LogP contribution in [-0.4, -0.2) is 42.0 Å². The molecule has 2 N–H and O–H groups in total. The van der Waals surface area contributed by atoms with Crippen molar-refractivity contribution < 1.29 is 4.74 Å². The van der Waals surface area contributed by atoms with Crippen molar-refractivity contribution in [3.63, 3.8) is 0 Å². The fraction of sp³-hybridized carbons (Fsp3) is 0.316. The molecule has 0 saturated carbocycles. The van der Waals surface area contributed by atoms with E-state index in [1.807, 2.05) is 56.7 Å². The lowest BCUT2D eigenvalue weighted by Gasteiger charge is -2.18. The van der Waals surface area contributed by atoms with Crippen LogP contribution < -0.4 is 10.5 Å². The first-order valence-electron chi connectivity index (χ1n) is 8.08. The van der Waals surface area contributed by atoms with Gasteiger partial charge in [-0.05, 0) is 32.3 Å². The second kappa shape index (κ2) is 7.03. The van der Waals surface area contributed by atoms with Crippen molar-refractivity contribution in [2.75, 3.05) is 27.7 Å². The highest BCUT2D eigenvalue weighted by Gasteiger charge is 2.20. The third-order valence-corrected chi connectivity index (χ3v) is 4.11. The van der Waals surface area contributed by atoms with Gasteiger partial charge < -0.3 is 19.8 Å². The van der Waals surface area contributed by atoms with Crippen molar-refractivity contribution in [3.05, 3.63) is 65.6 Å². The number of ether oxygens (including phenoxy) is 1. The lowest BCUT2D eigenvalue weighted by Crippen LogP contribution is -2.27. The number of benzene rings is 1. The number of imidazole rings is 1. The van der Waals surface area contributed by atoms with Crippen molar-refractivity contribution >= 4 is 5.65 Å². The Morgan fingerprint density at radius 1 is 1.17 bits per heavy atom. The largest absolute Gasteiger partial charge is 0.496 e. The van der Waals surface area contributed by atoms with Gasteiger partial charge in [-0.3, -0.25) is 0 Å². The number of methoxy groups -OCH3 is 1. The van der Waals surface area contributed by atoms with E-state index in [4.69, 9.17) is 15.5 Å². The lowest BCUT2D eigenvalue weighted by atomic mass is 10.0. The Hall–Kier alpha value is -2.37. The van der Waals surface area contributed by atoms with E-state index in [0.29, 0.717) is 6.42 Å². The number of fused-ring (bicyclic) bond motifs is 1. The Kier molecular flexibility index (Phi) is 4.83. The van der Waals surface area contributed by atoms with Gasteiger partial charge in [-0.25, -0.2) is 4.98 Å². The summed E-state index contributed by atoms with van der Waals surface area (Å²) in [5.41, 5.74) is 10.6. The molecule has 126 valence electrons. The zero-order valence-electron chi connectivity index (χ0n) is 14.4. The van der Waals surface area contributed by atoms with Gasteiger partial charge in [-0.15, -0.1) is 0 Å². The van der Waals surface area contributed by atoms with Crippen LogP contribution >= 0.6 is 0 Å². The van der Waals surface area contributed by atoms with Gasteiger partial charge in [0.05, 0.1) is 24.5 Å². The molecule has 2 aromatic heterocycles. The predicted molar refractivity (Wildman–Crippen MR) is 96.5 cm³/mol. The van der Waals surface area contributed by atoms with Crippen molar-refractivity contribution in [3.8, 4) is 5.75 Å². The van der Waals surface area contributed by atoms with Crippen molar-refractivity contribution in [1.82, 2.24) is 14.3 Å². The molecule has 0 aliphatic rings. The average molecular weight is 324 g/mol. The molecule has 0 radical (unpaired) electrons. The molecule has 5 nitrogen and oxygen atoms in total. The van der Waals surface area contributed by atoms with Crippen molar-refractivity contribution in [1.29, 1.82) is 0 Å². The first-order valence-corrected chi connectivity index (χ1v) is 8.08. The van der Waals surface area contributed by atoms with E-state index >= 15 is 0 Å². The van der Waals surface area contributed by atoms with Gasteiger partial charge >= 0.3 is 0 Å². The van der Waals surface area contributed by atoms with E-state index in [1.165, 1.54) is 0 Å². The summed E-state index contributed by atoms with van der Waals surface area (Å²) in [6, 6.07) is 14.0. The van der Waals surface area contributed by atoms with Gasteiger partial charge in [0.25, 0.3) is 0 Å². The van der Waals surface area contributed by atoms with Crippen molar-refractivity contribution in [2.24, 2.45) is 5.73 Å². The number of hydrogen-bond acceptors (Lipinski definition) is 4. The molecular formula is C19H24N4O. The highest BCUT2D eigenvalue weighted by Crippen LogP contribution is 2.26. The number of nitrogens with two attached hydrogens (primary N) is 1. The Morgan fingerprint density at radius 3 is 2.67 bits per heavy atom. The molecule has 0 spiro atoms. The van der Waals surface area contributed by atoms with Crippen LogP contribution in [0.3, 0.4) is 0 Å². The molecule has 1 unspecified atom stereocenters. The summed E-state index contributed by atoms with van der Waals surface area (Å²) in [5.74, 6) is 0.877. The molecule has 0 aliphatic heterocycles. The van der Waals surface area contributed by atoms with Crippen molar-refractivity contribution in [2.45, 2.75) is 12.5 Å². The maximum atomic E-state index is 6.50. The van der Waals surface area contributed by atoms with Gasteiger partial charge in [0, 0.05) is 24.7 Å². The number of rotatable bonds is 6. The molecular weight excluding hydrogens is 300 g/mol. The number of hydrogen-bond donors (Lipinski definition) is 1. The molecule has 3 aromatic rings. The quantitative estimate of drug-likeness (QED) is 0.757. The molecule has 0 bridgehead atoms. The monoisotopic (exact) mass is 324 g/mol. The summed E-state index contributed by atoms with van der Waals surface area (Å²) in [6.45, 7) is 0.765. The zero-order valence-corrected chi connectivity index (χ0v) is 14.4. The number of pyridine rings is 1. The van der Waals surface area contributed by atoms with Crippen LogP contribution in [0.2, 0.25) is 0 Å². The van der Waals surface area contributed by atoms with E-state index in [2.05, 4.69) is 15.4 Å². The molecule has 0 saturated heterocycles. The minimum Gasteiger partial charge on any atom is -0.496 e. The SMILES string of the molecule is COc1ccccc1Cc1nc2ccccn2c1C(N)CN(C)C. The molecule has 0 aliphatic carbocycles. The van der Waals surface area contributed by atoms with Crippen LogP contribution in [0.15, 0.2) is 48.7 Å². The van der Waals surface area contributed by atoms with Gasteiger partial charge in [0.2, 0.25) is 0 Å². The Balaban J connectivity index is 2.06. The summed E-state index contributed by atoms with van der Waals surface area (Å²) in [4.78, 5) is 6.92. The molecule has 3 rings (SSSR count). The summed E-state index contributed by atoms with van der Waals surface area (Å²) >= 11 is 0.